The SMILES string of the molecule is COCCC(C)Nc1ccc(Br)c(C)c1. The number of ether oxygens (including phenoxy) is 1. The van der Waals surface area contributed by atoms with Gasteiger partial charge in [-0.15, -0.1) is 0 Å². The number of methoxy groups -OCH3 is 1. The Hall–Kier alpha value is -0.540. The number of halogens is 1. The minimum absolute atomic E-state index is 0.436. The predicted octanol–water partition coefficient (Wildman–Crippen LogP) is 3.59. The molecule has 1 atom stereocenters. The summed E-state index contributed by atoms with van der Waals surface area (Å²) in [6.45, 7) is 5.05. The van der Waals surface area contributed by atoms with Gasteiger partial charge in [-0.25, -0.2) is 0 Å². The standard InChI is InChI=1S/C12H18BrNO/c1-9-8-11(4-5-12(9)13)14-10(2)6-7-15-3/h4-5,8,10,14H,6-7H2,1-3H3. The van der Waals surface area contributed by atoms with E-state index in [0.29, 0.717) is 6.04 Å². The van der Waals surface area contributed by atoms with Crippen molar-refractivity contribution in [2.45, 2.75) is 26.3 Å². The molecule has 0 bridgehead atoms. The molecule has 0 saturated heterocycles. The minimum atomic E-state index is 0.436. The van der Waals surface area contributed by atoms with Gasteiger partial charge in [0.1, 0.15) is 0 Å². The fraction of sp³-hybridized carbons (Fsp3) is 0.500. The minimum Gasteiger partial charge on any atom is -0.385 e. The Morgan fingerprint density at radius 3 is 2.80 bits per heavy atom. The zero-order valence-corrected chi connectivity index (χ0v) is 11.1. The molecule has 0 aliphatic carbocycles. The lowest BCUT2D eigenvalue weighted by Crippen LogP contribution is -2.17. The summed E-state index contributed by atoms with van der Waals surface area (Å²) in [5.74, 6) is 0. The van der Waals surface area contributed by atoms with Gasteiger partial charge in [0.05, 0.1) is 0 Å². The van der Waals surface area contributed by atoms with Gasteiger partial charge in [-0.3, -0.25) is 0 Å². The molecule has 15 heavy (non-hydrogen) atoms. The second kappa shape index (κ2) is 6.13. The van der Waals surface area contributed by atoms with Crippen molar-refractivity contribution in [1.82, 2.24) is 0 Å². The van der Waals surface area contributed by atoms with Gasteiger partial charge in [0.25, 0.3) is 0 Å². The zero-order valence-electron chi connectivity index (χ0n) is 9.51. The van der Waals surface area contributed by atoms with Gasteiger partial charge in [0.2, 0.25) is 0 Å². The number of aryl methyl sites for hydroxylation is 1. The molecule has 84 valence electrons. The summed E-state index contributed by atoms with van der Waals surface area (Å²) in [4.78, 5) is 0. The van der Waals surface area contributed by atoms with Crippen LogP contribution >= 0.6 is 15.9 Å². The van der Waals surface area contributed by atoms with Crippen LogP contribution in [0, 0.1) is 6.92 Å². The molecule has 1 N–H and O–H groups in total. The molecule has 0 aliphatic rings. The molecule has 1 unspecified atom stereocenters. The van der Waals surface area contributed by atoms with Gasteiger partial charge in [-0.2, -0.15) is 0 Å². The molecule has 1 rings (SSSR count). The summed E-state index contributed by atoms with van der Waals surface area (Å²) in [5.41, 5.74) is 2.42. The molecule has 0 amide bonds. The van der Waals surface area contributed by atoms with Crippen LogP contribution in [0.4, 0.5) is 5.69 Å². The third-order valence-corrected chi connectivity index (χ3v) is 3.22. The van der Waals surface area contributed by atoms with E-state index >= 15 is 0 Å². The lowest BCUT2D eigenvalue weighted by molar-refractivity contribution is 0.191. The molecular formula is C12H18BrNO. The maximum Gasteiger partial charge on any atom is 0.0481 e. The van der Waals surface area contributed by atoms with Gasteiger partial charge in [-0.05, 0) is 44.0 Å². The third-order valence-electron chi connectivity index (χ3n) is 2.33. The van der Waals surface area contributed by atoms with Gasteiger partial charge in [0, 0.05) is 29.9 Å². The Morgan fingerprint density at radius 2 is 2.20 bits per heavy atom. The van der Waals surface area contributed by atoms with E-state index in [-0.39, 0.29) is 0 Å². The smallest absolute Gasteiger partial charge is 0.0481 e. The number of benzene rings is 1. The van der Waals surface area contributed by atoms with Crippen LogP contribution in [0.5, 0.6) is 0 Å². The van der Waals surface area contributed by atoms with Crippen LogP contribution in [0.1, 0.15) is 18.9 Å². The van der Waals surface area contributed by atoms with Gasteiger partial charge in [-0.1, -0.05) is 15.9 Å². The molecule has 0 saturated carbocycles. The average molecular weight is 272 g/mol. The lowest BCUT2D eigenvalue weighted by Gasteiger charge is -2.15. The Kier molecular flexibility index (Phi) is 5.12. The molecular weight excluding hydrogens is 254 g/mol. The van der Waals surface area contributed by atoms with Crippen molar-refractivity contribution in [3.05, 3.63) is 28.2 Å². The van der Waals surface area contributed by atoms with E-state index in [1.165, 1.54) is 11.3 Å². The maximum atomic E-state index is 5.05. The Labute approximate surface area is 100 Å². The van der Waals surface area contributed by atoms with Gasteiger partial charge < -0.3 is 10.1 Å². The Bertz CT molecular complexity index is 314. The topological polar surface area (TPSA) is 21.3 Å². The van der Waals surface area contributed by atoms with E-state index in [9.17, 15) is 0 Å². The van der Waals surface area contributed by atoms with Gasteiger partial charge >= 0.3 is 0 Å². The molecule has 3 heteroatoms. The van der Waals surface area contributed by atoms with Crippen molar-refractivity contribution >= 4 is 21.6 Å². The molecule has 2 nitrogen and oxygen atoms in total. The van der Waals surface area contributed by atoms with Crippen LogP contribution in [-0.4, -0.2) is 19.8 Å². The highest BCUT2D eigenvalue weighted by Crippen LogP contribution is 2.20. The van der Waals surface area contributed by atoms with Crippen molar-refractivity contribution < 1.29 is 4.74 Å². The molecule has 0 aliphatic heterocycles. The van der Waals surface area contributed by atoms with Crippen molar-refractivity contribution in [3.8, 4) is 0 Å². The first-order valence-corrected chi connectivity index (χ1v) is 5.94. The van der Waals surface area contributed by atoms with E-state index < -0.39 is 0 Å². The Morgan fingerprint density at radius 1 is 1.47 bits per heavy atom. The first-order valence-electron chi connectivity index (χ1n) is 5.15. The van der Waals surface area contributed by atoms with Crippen LogP contribution < -0.4 is 5.32 Å². The number of rotatable bonds is 5. The highest BCUT2D eigenvalue weighted by atomic mass is 79.9. The van der Waals surface area contributed by atoms with E-state index in [1.807, 2.05) is 0 Å². The monoisotopic (exact) mass is 271 g/mol. The Balaban J connectivity index is 2.53. The lowest BCUT2D eigenvalue weighted by atomic mass is 10.2. The summed E-state index contributed by atoms with van der Waals surface area (Å²) in [7, 11) is 1.73. The van der Waals surface area contributed by atoms with Gasteiger partial charge in [0.15, 0.2) is 0 Å². The maximum absolute atomic E-state index is 5.05. The average Bonchev–Trinajstić information content (AvgIpc) is 2.20. The van der Waals surface area contributed by atoms with E-state index in [2.05, 4.69) is 53.3 Å². The first kappa shape index (κ1) is 12.5. The largest absolute Gasteiger partial charge is 0.385 e. The third kappa shape index (κ3) is 4.22. The van der Waals surface area contributed by atoms with Crippen LogP contribution in [-0.2, 0) is 4.74 Å². The van der Waals surface area contributed by atoms with Crippen LogP contribution in [0.2, 0.25) is 0 Å². The molecule has 0 heterocycles. The second-order valence-corrected chi connectivity index (χ2v) is 4.65. The highest BCUT2D eigenvalue weighted by Gasteiger charge is 2.02. The number of anilines is 1. The van der Waals surface area contributed by atoms with Crippen molar-refractivity contribution in [2.75, 3.05) is 19.0 Å². The van der Waals surface area contributed by atoms with E-state index in [0.717, 1.165) is 17.5 Å². The van der Waals surface area contributed by atoms with Crippen molar-refractivity contribution in [2.24, 2.45) is 0 Å². The summed E-state index contributed by atoms with van der Waals surface area (Å²) < 4.78 is 6.20. The quantitative estimate of drug-likeness (QED) is 0.884. The highest BCUT2D eigenvalue weighted by molar-refractivity contribution is 9.10. The second-order valence-electron chi connectivity index (χ2n) is 3.79. The van der Waals surface area contributed by atoms with E-state index in [4.69, 9.17) is 4.74 Å². The summed E-state index contributed by atoms with van der Waals surface area (Å²) >= 11 is 3.49. The number of nitrogens with one attached hydrogen (secondary N) is 1. The number of hydrogen-bond acceptors (Lipinski definition) is 2. The molecule has 0 aromatic heterocycles. The van der Waals surface area contributed by atoms with Crippen LogP contribution in [0.25, 0.3) is 0 Å². The van der Waals surface area contributed by atoms with Crippen molar-refractivity contribution in [3.63, 3.8) is 0 Å². The zero-order chi connectivity index (χ0) is 11.3. The molecule has 0 radical (unpaired) electrons. The molecule has 1 aromatic carbocycles. The molecule has 0 spiro atoms. The molecule has 0 fully saturated rings. The summed E-state index contributed by atoms with van der Waals surface area (Å²) in [6, 6.07) is 6.74. The van der Waals surface area contributed by atoms with Crippen molar-refractivity contribution in [1.29, 1.82) is 0 Å². The van der Waals surface area contributed by atoms with Crippen LogP contribution in [0.3, 0.4) is 0 Å². The molecule has 1 aromatic rings. The first-order chi connectivity index (χ1) is 7.13. The fourth-order valence-electron chi connectivity index (χ4n) is 1.39. The number of hydrogen-bond donors (Lipinski definition) is 1. The summed E-state index contributed by atoms with van der Waals surface area (Å²) in [5, 5.41) is 3.44. The van der Waals surface area contributed by atoms with Crippen LogP contribution in [0.15, 0.2) is 22.7 Å². The predicted molar refractivity (Wildman–Crippen MR) is 68.5 cm³/mol. The summed E-state index contributed by atoms with van der Waals surface area (Å²) in [6.07, 6.45) is 1.02. The van der Waals surface area contributed by atoms with E-state index in [1.54, 1.807) is 7.11 Å². The fourth-order valence-corrected chi connectivity index (χ4v) is 1.63. The normalized spacial score (nSPS) is 12.5.